The first-order valence-electron chi connectivity index (χ1n) is 5.06. The van der Waals surface area contributed by atoms with Gasteiger partial charge in [0.2, 0.25) is 0 Å². The van der Waals surface area contributed by atoms with E-state index in [0.717, 1.165) is 20.6 Å². The van der Waals surface area contributed by atoms with E-state index in [2.05, 4.69) is 22.0 Å². The van der Waals surface area contributed by atoms with E-state index in [9.17, 15) is 5.11 Å². The van der Waals surface area contributed by atoms with E-state index >= 15 is 0 Å². The predicted octanol–water partition coefficient (Wildman–Crippen LogP) is 4.46. The molecular formula is C14H9BrO. The predicted molar refractivity (Wildman–Crippen MR) is 70.8 cm³/mol. The molecule has 1 N–H and O–H groups in total. The van der Waals surface area contributed by atoms with Crippen LogP contribution in [0.1, 0.15) is 0 Å². The van der Waals surface area contributed by atoms with Crippen LogP contribution in [0.15, 0.2) is 53.0 Å². The van der Waals surface area contributed by atoms with Crippen LogP contribution in [0.3, 0.4) is 0 Å². The molecular weight excluding hydrogens is 264 g/mol. The SMILES string of the molecule is Oc1cccc2c1ccc1c(Br)cccc12. The number of fused-ring (bicyclic) bond motifs is 3. The highest BCUT2D eigenvalue weighted by molar-refractivity contribution is 9.10. The van der Waals surface area contributed by atoms with E-state index in [4.69, 9.17) is 0 Å². The Morgan fingerprint density at radius 3 is 2.12 bits per heavy atom. The van der Waals surface area contributed by atoms with Gasteiger partial charge < -0.3 is 5.11 Å². The molecule has 0 bridgehead atoms. The molecule has 0 fully saturated rings. The molecule has 0 aromatic heterocycles. The minimum absolute atomic E-state index is 0.333. The third-order valence-corrected chi connectivity index (χ3v) is 3.53. The quantitative estimate of drug-likeness (QED) is 0.599. The molecule has 0 saturated carbocycles. The third-order valence-electron chi connectivity index (χ3n) is 2.84. The molecule has 78 valence electrons. The topological polar surface area (TPSA) is 20.2 Å². The van der Waals surface area contributed by atoms with Gasteiger partial charge in [-0.05, 0) is 34.4 Å². The lowest BCUT2D eigenvalue weighted by Gasteiger charge is -2.06. The first-order valence-corrected chi connectivity index (χ1v) is 5.85. The maximum absolute atomic E-state index is 9.79. The Labute approximate surface area is 101 Å². The Morgan fingerprint density at radius 1 is 0.688 bits per heavy atom. The first kappa shape index (κ1) is 9.67. The normalized spacial score (nSPS) is 11.1. The van der Waals surface area contributed by atoms with Gasteiger partial charge in [-0.15, -0.1) is 0 Å². The zero-order chi connectivity index (χ0) is 11.1. The van der Waals surface area contributed by atoms with Crippen LogP contribution in [0, 0.1) is 0 Å². The summed E-state index contributed by atoms with van der Waals surface area (Å²) in [6, 6.07) is 15.7. The van der Waals surface area contributed by atoms with Crippen LogP contribution >= 0.6 is 15.9 Å². The largest absolute Gasteiger partial charge is 0.507 e. The van der Waals surface area contributed by atoms with Crippen molar-refractivity contribution in [3.8, 4) is 5.75 Å². The van der Waals surface area contributed by atoms with Crippen LogP contribution in [0.4, 0.5) is 0 Å². The highest BCUT2D eigenvalue weighted by Gasteiger charge is 2.04. The minimum atomic E-state index is 0.333. The van der Waals surface area contributed by atoms with E-state index in [0.29, 0.717) is 5.75 Å². The lowest BCUT2D eigenvalue weighted by Crippen LogP contribution is -1.79. The summed E-state index contributed by atoms with van der Waals surface area (Å²) in [7, 11) is 0. The molecule has 0 heterocycles. The van der Waals surface area contributed by atoms with Gasteiger partial charge in [0.1, 0.15) is 5.75 Å². The minimum Gasteiger partial charge on any atom is -0.507 e. The highest BCUT2D eigenvalue weighted by atomic mass is 79.9. The summed E-state index contributed by atoms with van der Waals surface area (Å²) in [4.78, 5) is 0. The van der Waals surface area contributed by atoms with Gasteiger partial charge >= 0.3 is 0 Å². The standard InChI is InChI=1S/C14H9BrO/c15-13-5-1-3-9-10-4-2-6-14(16)12(10)8-7-11(9)13/h1-8,16H. The highest BCUT2D eigenvalue weighted by Crippen LogP contribution is 2.33. The Bertz CT molecular complexity index is 628. The molecule has 1 nitrogen and oxygen atoms in total. The maximum atomic E-state index is 9.79. The van der Waals surface area contributed by atoms with E-state index < -0.39 is 0 Å². The van der Waals surface area contributed by atoms with E-state index in [1.54, 1.807) is 6.07 Å². The Hall–Kier alpha value is -1.54. The molecule has 3 aromatic carbocycles. The Morgan fingerprint density at radius 2 is 1.31 bits per heavy atom. The fraction of sp³-hybridized carbons (Fsp3) is 0. The summed E-state index contributed by atoms with van der Waals surface area (Å²) in [6.45, 7) is 0. The second kappa shape index (κ2) is 3.49. The second-order valence-corrected chi connectivity index (χ2v) is 4.63. The van der Waals surface area contributed by atoms with Crippen molar-refractivity contribution in [1.29, 1.82) is 0 Å². The molecule has 3 aromatic rings. The fourth-order valence-corrected chi connectivity index (χ4v) is 2.57. The van der Waals surface area contributed by atoms with Crippen molar-refractivity contribution in [2.45, 2.75) is 0 Å². The lowest BCUT2D eigenvalue weighted by molar-refractivity contribution is 0.481. The maximum Gasteiger partial charge on any atom is 0.123 e. The molecule has 0 saturated heterocycles. The molecule has 16 heavy (non-hydrogen) atoms. The van der Waals surface area contributed by atoms with Crippen molar-refractivity contribution in [3.05, 3.63) is 53.0 Å². The van der Waals surface area contributed by atoms with Gasteiger partial charge in [0.15, 0.2) is 0 Å². The van der Waals surface area contributed by atoms with Crippen molar-refractivity contribution >= 4 is 37.5 Å². The lowest BCUT2D eigenvalue weighted by atomic mass is 10.0. The number of hydrogen-bond donors (Lipinski definition) is 1. The molecule has 0 unspecified atom stereocenters. The molecule has 0 aliphatic rings. The number of hydrogen-bond acceptors (Lipinski definition) is 1. The monoisotopic (exact) mass is 272 g/mol. The van der Waals surface area contributed by atoms with Crippen LogP contribution < -0.4 is 0 Å². The van der Waals surface area contributed by atoms with Gasteiger partial charge in [-0.25, -0.2) is 0 Å². The van der Waals surface area contributed by atoms with Crippen molar-refractivity contribution in [1.82, 2.24) is 0 Å². The summed E-state index contributed by atoms with van der Waals surface area (Å²) in [5, 5.41) is 14.1. The number of halogens is 1. The molecule has 0 radical (unpaired) electrons. The number of benzene rings is 3. The Balaban J connectivity index is 2.60. The zero-order valence-electron chi connectivity index (χ0n) is 8.44. The van der Waals surface area contributed by atoms with Crippen LogP contribution in [-0.4, -0.2) is 5.11 Å². The summed E-state index contributed by atoms with van der Waals surface area (Å²) >= 11 is 3.54. The van der Waals surface area contributed by atoms with Crippen molar-refractivity contribution in [2.75, 3.05) is 0 Å². The number of phenolic OH excluding ortho intramolecular Hbond substituents is 1. The average molecular weight is 273 g/mol. The molecule has 0 atom stereocenters. The van der Waals surface area contributed by atoms with Crippen molar-refractivity contribution in [3.63, 3.8) is 0 Å². The van der Waals surface area contributed by atoms with Gasteiger partial charge in [0, 0.05) is 9.86 Å². The second-order valence-electron chi connectivity index (χ2n) is 3.77. The molecule has 0 amide bonds. The zero-order valence-corrected chi connectivity index (χ0v) is 10.0. The van der Waals surface area contributed by atoms with Crippen LogP contribution in [0.2, 0.25) is 0 Å². The molecule has 0 spiro atoms. The fourth-order valence-electron chi connectivity index (χ4n) is 2.07. The van der Waals surface area contributed by atoms with E-state index in [1.807, 2.05) is 36.4 Å². The summed E-state index contributed by atoms with van der Waals surface area (Å²) in [6.07, 6.45) is 0. The molecule has 2 heteroatoms. The van der Waals surface area contributed by atoms with E-state index in [-0.39, 0.29) is 0 Å². The summed E-state index contributed by atoms with van der Waals surface area (Å²) in [5.74, 6) is 0.333. The number of rotatable bonds is 0. The van der Waals surface area contributed by atoms with Gasteiger partial charge in [-0.3, -0.25) is 0 Å². The van der Waals surface area contributed by atoms with Crippen LogP contribution in [-0.2, 0) is 0 Å². The molecule has 0 aliphatic carbocycles. The van der Waals surface area contributed by atoms with Gasteiger partial charge in [0.25, 0.3) is 0 Å². The average Bonchev–Trinajstić information content (AvgIpc) is 2.30. The van der Waals surface area contributed by atoms with Gasteiger partial charge in [-0.2, -0.15) is 0 Å². The number of phenols is 1. The van der Waals surface area contributed by atoms with Gasteiger partial charge in [0.05, 0.1) is 0 Å². The molecule has 0 aliphatic heterocycles. The molecule has 3 rings (SSSR count). The number of aromatic hydroxyl groups is 1. The van der Waals surface area contributed by atoms with E-state index in [1.165, 1.54) is 5.39 Å². The third kappa shape index (κ3) is 1.30. The summed E-state index contributed by atoms with van der Waals surface area (Å²) in [5.41, 5.74) is 0. The summed E-state index contributed by atoms with van der Waals surface area (Å²) < 4.78 is 1.08. The van der Waals surface area contributed by atoms with Crippen molar-refractivity contribution < 1.29 is 5.11 Å². The van der Waals surface area contributed by atoms with Crippen LogP contribution in [0.25, 0.3) is 21.5 Å². The Kier molecular flexibility index (Phi) is 2.11. The smallest absolute Gasteiger partial charge is 0.123 e. The van der Waals surface area contributed by atoms with Crippen LogP contribution in [0.5, 0.6) is 5.75 Å². The van der Waals surface area contributed by atoms with Gasteiger partial charge in [-0.1, -0.05) is 46.3 Å². The first-order chi connectivity index (χ1) is 7.77. The van der Waals surface area contributed by atoms with Crippen molar-refractivity contribution in [2.24, 2.45) is 0 Å².